The Bertz CT molecular complexity index is 155. The average molecular weight is 227 g/mol. The average Bonchev–Trinajstić information content (AvgIpc) is 2.16. The fourth-order valence-electron chi connectivity index (χ4n) is 0.951. The summed E-state index contributed by atoms with van der Waals surface area (Å²) in [5, 5.41) is 0. The Kier molecular flexibility index (Phi) is 5.52. The Morgan fingerprint density at radius 3 is 2.75 bits per heavy atom. The summed E-state index contributed by atoms with van der Waals surface area (Å²) in [6, 6.07) is 0. The van der Waals surface area contributed by atoms with Gasteiger partial charge < -0.3 is 0 Å². The first kappa shape index (κ1) is 10.7. The highest BCUT2D eigenvalue weighted by atomic mass is 35.5. The summed E-state index contributed by atoms with van der Waals surface area (Å²) in [6.07, 6.45) is 3.71. The molecule has 4 heteroatoms. The molecule has 0 radical (unpaired) electrons. The molecule has 0 aromatic carbocycles. The molecule has 0 nitrogen and oxygen atoms in total. The molecule has 0 spiro atoms. The Balaban J connectivity index is 2.21. The lowest BCUT2D eigenvalue weighted by Gasteiger charge is -2.18. The van der Waals surface area contributed by atoms with Crippen LogP contribution in [0.1, 0.15) is 12.8 Å². The highest BCUT2D eigenvalue weighted by molar-refractivity contribution is 8.17. The molecular formula is C8H12ClFS2. The van der Waals surface area contributed by atoms with Crippen LogP contribution in [0.4, 0.5) is 4.39 Å². The molecular weight excluding hydrogens is 215 g/mol. The van der Waals surface area contributed by atoms with Crippen molar-refractivity contribution in [3.63, 3.8) is 0 Å². The van der Waals surface area contributed by atoms with E-state index in [1.807, 2.05) is 23.5 Å². The summed E-state index contributed by atoms with van der Waals surface area (Å²) in [7, 11) is 0. The zero-order valence-corrected chi connectivity index (χ0v) is 9.15. The smallest absolute Gasteiger partial charge is 0.111 e. The minimum atomic E-state index is -0.191. The third kappa shape index (κ3) is 4.06. The second-order valence-electron chi connectivity index (χ2n) is 2.55. The van der Waals surface area contributed by atoms with E-state index in [9.17, 15) is 4.39 Å². The van der Waals surface area contributed by atoms with Crippen LogP contribution in [0.3, 0.4) is 0 Å². The Hall–Kier alpha value is 0.660. The summed E-state index contributed by atoms with van der Waals surface area (Å²) in [6.45, 7) is 0. The second kappa shape index (κ2) is 6.17. The van der Waals surface area contributed by atoms with Gasteiger partial charge in [0.1, 0.15) is 5.83 Å². The van der Waals surface area contributed by atoms with Gasteiger partial charge in [0.15, 0.2) is 0 Å². The molecule has 1 aliphatic rings. The van der Waals surface area contributed by atoms with Gasteiger partial charge in [0.2, 0.25) is 0 Å². The van der Waals surface area contributed by atoms with E-state index in [0.29, 0.717) is 4.58 Å². The Morgan fingerprint density at radius 2 is 2.17 bits per heavy atom. The SMILES string of the molecule is FC(=CCC1SCCCS1)CCl. The van der Waals surface area contributed by atoms with Crippen LogP contribution in [0.2, 0.25) is 0 Å². The molecule has 0 unspecified atom stereocenters. The number of hydrogen-bond acceptors (Lipinski definition) is 2. The van der Waals surface area contributed by atoms with Gasteiger partial charge in [-0.15, -0.1) is 35.1 Å². The van der Waals surface area contributed by atoms with Crippen molar-refractivity contribution in [1.82, 2.24) is 0 Å². The van der Waals surface area contributed by atoms with E-state index in [1.54, 1.807) is 6.08 Å². The van der Waals surface area contributed by atoms with Crippen molar-refractivity contribution in [3.05, 3.63) is 11.9 Å². The van der Waals surface area contributed by atoms with Gasteiger partial charge in [-0.05, 0) is 30.4 Å². The Morgan fingerprint density at radius 1 is 1.50 bits per heavy atom. The maximum atomic E-state index is 12.6. The summed E-state index contributed by atoms with van der Waals surface area (Å²) >= 11 is 9.16. The summed E-state index contributed by atoms with van der Waals surface area (Å²) in [5.41, 5.74) is 0. The number of hydrogen-bond donors (Lipinski definition) is 0. The number of rotatable bonds is 3. The zero-order valence-electron chi connectivity index (χ0n) is 6.76. The van der Waals surface area contributed by atoms with Crippen LogP contribution in [-0.2, 0) is 0 Å². The van der Waals surface area contributed by atoms with Gasteiger partial charge in [-0.1, -0.05) is 0 Å². The van der Waals surface area contributed by atoms with E-state index in [2.05, 4.69) is 0 Å². The maximum absolute atomic E-state index is 12.6. The lowest BCUT2D eigenvalue weighted by Crippen LogP contribution is -2.05. The third-order valence-electron chi connectivity index (χ3n) is 1.56. The number of halogens is 2. The molecule has 0 bridgehead atoms. The van der Waals surface area contributed by atoms with E-state index in [0.717, 1.165) is 6.42 Å². The molecule has 0 atom stereocenters. The molecule has 1 rings (SSSR count). The number of allylic oxidation sites excluding steroid dienone is 2. The van der Waals surface area contributed by atoms with Crippen molar-refractivity contribution in [1.29, 1.82) is 0 Å². The van der Waals surface area contributed by atoms with Gasteiger partial charge in [0.25, 0.3) is 0 Å². The highest BCUT2D eigenvalue weighted by Gasteiger charge is 2.12. The lowest BCUT2D eigenvalue weighted by atomic mass is 10.4. The standard InChI is InChI=1S/C8H12ClFS2/c9-6-7(10)2-3-8-11-4-1-5-12-8/h2,8H,1,3-6H2. The summed E-state index contributed by atoms with van der Waals surface area (Å²) in [5.74, 6) is 2.26. The van der Waals surface area contributed by atoms with Gasteiger partial charge in [-0.25, -0.2) is 4.39 Å². The summed E-state index contributed by atoms with van der Waals surface area (Å²) in [4.78, 5) is 0. The van der Waals surface area contributed by atoms with Crippen LogP contribution >= 0.6 is 35.1 Å². The normalized spacial score (nSPS) is 21.3. The molecule has 1 saturated heterocycles. The monoisotopic (exact) mass is 226 g/mol. The highest BCUT2D eigenvalue weighted by Crippen LogP contribution is 2.33. The Labute approximate surface area is 86.3 Å². The van der Waals surface area contributed by atoms with Crippen molar-refractivity contribution < 1.29 is 4.39 Å². The van der Waals surface area contributed by atoms with Gasteiger partial charge >= 0.3 is 0 Å². The molecule has 0 N–H and O–H groups in total. The molecule has 12 heavy (non-hydrogen) atoms. The predicted molar refractivity (Wildman–Crippen MR) is 57.8 cm³/mol. The minimum absolute atomic E-state index is 0.0159. The van der Waals surface area contributed by atoms with Crippen LogP contribution in [0.25, 0.3) is 0 Å². The number of alkyl halides is 1. The molecule has 1 aliphatic heterocycles. The van der Waals surface area contributed by atoms with Crippen molar-refractivity contribution in [2.24, 2.45) is 0 Å². The molecule has 1 heterocycles. The molecule has 0 amide bonds. The van der Waals surface area contributed by atoms with Crippen molar-refractivity contribution in [2.45, 2.75) is 17.4 Å². The van der Waals surface area contributed by atoms with E-state index in [1.165, 1.54) is 17.9 Å². The zero-order chi connectivity index (χ0) is 8.81. The van der Waals surface area contributed by atoms with Crippen LogP contribution in [0.5, 0.6) is 0 Å². The fraction of sp³-hybridized carbons (Fsp3) is 0.750. The first-order chi connectivity index (χ1) is 5.83. The first-order valence-corrected chi connectivity index (χ1v) is 6.60. The van der Waals surface area contributed by atoms with Crippen molar-refractivity contribution >= 4 is 35.1 Å². The van der Waals surface area contributed by atoms with Gasteiger partial charge in [0.05, 0.1) is 10.5 Å². The fourth-order valence-corrected chi connectivity index (χ4v) is 3.82. The minimum Gasteiger partial charge on any atom is -0.211 e. The molecule has 0 saturated carbocycles. The first-order valence-electron chi connectivity index (χ1n) is 3.96. The van der Waals surface area contributed by atoms with Crippen LogP contribution < -0.4 is 0 Å². The van der Waals surface area contributed by atoms with Gasteiger partial charge in [-0.3, -0.25) is 0 Å². The van der Waals surface area contributed by atoms with Gasteiger partial charge in [0, 0.05) is 0 Å². The van der Waals surface area contributed by atoms with E-state index >= 15 is 0 Å². The van der Waals surface area contributed by atoms with E-state index < -0.39 is 0 Å². The molecule has 0 aliphatic carbocycles. The van der Waals surface area contributed by atoms with Crippen LogP contribution in [-0.4, -0.2) is 22.0 Å². The van der Waals surface area contributed by atoms with Gasteiger partial charge in [-0.2, -0.15) is 0 Å². The number of thioether (sulfide) groups is 2. The largest absolute Gasteiger partial charge is 0.211 e. The third-order valence-corrected chi connectivity index (χ3v) is 4.80. The maximum Gasteiger partial charge on any atom is 0.111 e. The predicted octanol–water partition coefficient (Wildman–Crippen LogP) is 3.66. The topological polar surface area (TPSA) is 0 Å². The second-order valence-corrected chi connectivity index (χ2v) is 5.73. The van der Waals surface area contributed by atoms with E-state index in [-0.39, 0.29) is 11.7 Å². The van der Waals surface area contributed by atoms with Crippen molar-refractivity contribution in [3.8, 4) is 0 Å². The van der Waals surface area contributed by atoms with Crippen LogP contribution in [0.15, 0.2) is 11.9 Å². The lowest BCUT2D eigenvalue weighted by molar-refractivity contribution is 0.637. The quantitative estimate of drug-likeness (QED) is 0.674. The molecule has 0 aromatic heterocycles. The molecule has 70 valence electrons. The van der Waals surface area contributed by atoms with E-state index in [4.69, 9.17) is 11.6 Å². The molecule has 0 aromatic rings. The van der Waals surface area contributed by atoms with Crippen molar-refractivity contribution in [2.75, 3.05) is 17.4 Å². The molecule has 1 fully saturated rings. The van der Waals surface area contributed by atoms with Crippen LogP contribution in [0, 0.1) is 0 Å². The summed E-state index contributed by atoms with van der Waals surface area (Å²) < 4.78 is 13.1.